The Morgan fingerprint density at radius 1 is 1.08 bits per heavy atom. The van der Waals surface area contributed by atoms with E-state index in [1.54, 1.807) is 21.3 Å². The highest BCUT2D eigenvalue weighted by atomic mass is 16.5. The molecule has 0 unspecified atom stereocenters. The van der Waals surface area contributed by atoms with Crippen molar-refractivity contribution in [2.45, 2.75) is 6.54 Å². The van der Waals surface area contributed by atoms with Gasteiger partial charge in [0, 0.05) is 38.3 Å². The summed E-state index contributed by atoms with van der Waals surface area (Å²) in [6.07, 6.45) is 5.15. The lowest BCUT2D eigenvalue weighted by atomic mass is 10.1. The zero-order valence-corrected chi connectivity index (χ0v) is 15.7. The van der Waals surface area contributed by atoms with Crippen LogP contribution in [-0.2, 0) is 11.3 Å². The Morgan fingerprint density at radius 2 is 1.73 bits per heavy atom. The van der Waals surface area contributed by atoms with E-state index in [2.05, 4.69) is 21.0 Å². The number of terminal acetylenes is 1. The zero-order valence-electron chi connectivity index (χ0n) is 15.7. The van der Waals surface area contributed by atoms with Gasteiger partial charge in [-0.15, -0.1) is 6.42 Å². The highest BCUT2D eigenvalue weighted by Crippen LogP contribution is 2.40. The van der Waals surface area contributed by atoms with Crippen molar-refractivity contribution in [3.63, 3.8) is 0 Å². The van der Waals surface area contributed by atoms with Crippen LogP contribution in [0.3, 0.4) is 0 Å². The third kappa shape index (κ3) is 5.04. The van der Waals surface area contributed by atoms with Gasteiger partial charge in [-0.2, -0.15) is 0 Å². The lowest BCUT2D eigenvalue weighted by Gasteiger charge is -2.34. The summed E-state index contributed by atoms with van der Waals surface area (Å²) in [6, 6.07) is 3.89. The van der Waals surface area contributed by atoms with Crippen LogP contribution in [0.15, 0.2) is 12.1 Å². The van der Waals surface area contributed by atoms with Gasteiger partial charge in [0.2, 0.25) is 11.7 Å². The summed E-state index contributed by atoms with van der Waals surface area (Å²) >= 11 is 0. The van der Waals surface area contributed by atoms with Crippen molar-refractivity contribution in [1.82, 2.24) is 15.1 Å². The van der Waals surface area contributed by atoms with Crippen LogP contribution in [0.4, 0.5) is 0 Å². The largest absolute Gasteiger partial charge is 0.493 e. The Hall–Kier alpha value is -2.43. The Labute approximate surface area is 155 Å². The molecule has 0 atom stereocenters. The Kier molecular flexibility index (Phi) is 7.57. The van der Waals surface area contributed by atoms with E-state index in [1.165, 1.54) is 0 Å². The first-order valence-corrected chi connectivity index (χ1v) is 8.55. The van der Waals surface area contributed by atoms with Crippen LogP contribution in [0.1, 0.15) is 5.56 Å². The fraction of sp³-hybridized carbons (Fsp3) is 0.526. The van der Waals surface area contributed by atoms with Crippen molar-refractivity contribution < 1.29 is 19.0 Å². The minimum Gasteiger partial charge on any atom is -0.493 e. The van der Waals surface area contributed by atoms with Gasteiger partial charge in [-0.1, -0.05) is 12.0 Å². The second-order valence-corrected chi connectivity index (χ2v) is 6.03. The molecule has 1 saturated heterocycles. The van der Waals surface area contributed by atoms with E-state index in [0.29, 0.717) is 23.8 Å². The van der Waals surface area contributed by atoms with Crippen molar-refractivity contribution in [2.24, 2.45) is 0 Å². The number of carbonyl (C=O) groups excluding carboxylic acids is 1. The molecule has 1 aromatic carbocycles. The second kappa shape index (κ2) is 9.90. The first kappa shape index (κ1) is 19.9. The van der Waals surface area contributed by atoms with Crippen LogP contribution in [-0.4, -0.2) is 76.3 Å². The molecule has 1 heterocycles. The van der Waals surface area contributed by atoms with E-state index in [-0.39, 0.29) is 12.5 Å². The van der Waals surface area contributed by atoms with Crippen LogP contribution < -0.4 is 19.5 Å². The summed E-state index contributed by atoms with van der Waals surface area (Å²) in [5, 5.41) is 2.70. The van der Waals surface area contributed by atoms with Crippen LogP contribution in [0, 0.1) is 12.3 Å². The molecule has 7 heteroatoms. The normalized spacial score (nSPS) is 15.2. The Morgan fingerprint density at radius 3 is 2.31 bits per heavy atom. The van der Waals surface area contributed by atoms with Gasteiger partial charge in [0.25, 0.3) is 0 Å². The van der Waals surface area contributed by atoms with Gasteiger partial charge in [-0.05, 0) is 6.07 Å². The molecule has 0 aliphatic carbocycles. The van der Waals surface area contributed by atoms with Gasteiger partial charge in [0.1, 0.15) is 0 Å². The summed E-state index contributed by atoms with van der Waals surface area (Å²) in [6.45, 7) is 4.83. The van der Waals surface area contributed by atoms with Gasteiger partial charge < -0.3 is 19.5 Å². The number of rotatable bonds is 8. The zero-order chi connectivity index (χ0) is 18.9. The van der Waals surface area contributed by atoms with Crippen molar-refractivity contribution in [3.05, 3.63) is 17.7 Å². The smallest absolute Gasteiger partial charge is 0.234 e. The highest BCUT2D eigenvalue weighted by molar-refractivity contribution is 5.78. The first-order valence-electron chi connectivity index (χ1n) is 8.55. The SMILES string of the molecule is C#CCNC(=O)CN1CCN(Cc2ccc(OC)c(OC)c2OC)CC1. The number of hydrogen-bond acceptors (Lipinski definition) is 6. The lowest BCUT2D eigenvalue weighted by molar-refractivity contribution is -0.122. The molecule has 26 heavy (non-hydrogen) atoms. The number of carbonyl (C=O) groups is 1. The highest BCUT2D eigenvalue weighted by Gasteiger charge is 2.22. The summed E-state index contributed by atoms with van der Waals surface area (Å²) in [7, 11) is 4.84. The topological polar surface area (TPSA) is 63.3 Å². The van der Waals surface area contributed by atoms with E-state index >= 15 is 0 Å². The van der Waals surface area contributed by atoms with Crippen molar-refractivity contribution in [2.75, 3.05) is 60.6 Å². The molecule has 0 aromatic heterocycles. The van der Waals surface area contributed by atoms with E-state index in [1.807, 2.05) is 12.1 Å². The van der Waals surface area contributed by atoms with Gasteiger partial charge in [0.15, 0.2) is 11.5 Å². The molecule has 1 N–H and O–H groups in total. The maximum atomic E-state index is 11.8. The molecule has 1 aliphatic rings. The predicted molar refractivity (Wildman–Crippen MR) is 99.7 cm³/mol. The fourth-order valence-electron chi connectivity index (χ4n) is 3.04. The van der Waals surface area contributed by atoms with Crippen LogP contribution in [0.2, 0.25) is 0 Å². The number of methoxy groups -OCH3 is 3. The molecule has 0 radical (unpaired) electrons. The van der Waals surface area contributed by atoms with E-state index in [0.717, 1.165) is 38.3 Å². The van der Waals surface area contributed by atoms with Gasteiger partial charge in [0.05, 0.1) is 34.4 Å². The number of amides is 1. The summed E-state index contributed by atoms with van der Waals surface area (Å²) in [5.41, 5.74) is 1.05. The quantitative estimate of drug-likeness (QED) is 0.684. The third-order valence-corrected chi connectivity index (χ3v) is 4.40. The van der Waals surface area contributed by atoms with Gasteiger partial charge >= 0.3 is 0 Å². The molecular formula is C19H27N3O4. The molecular weight excluding hydrogens is 334 g/mol. The van der Waals surface area contributed by atoms with Crippen LogP contribution >= 0.6 is 0 Å². The number of nitrogens with one attached hydrogen (secondary N) is 1. The second-order valence-electron chi connectivity index (χ2n) is 6.03. The average Bonchev–Trinajstić information content (AvgIpc) is 2.67. The molecule has 1 amide bonds. The maximum Gasteiger partial charge on any atom is 0.234 e. The molecule has 1 fully saturated rings. The number of hydrogen-bond donors (Lipinski definition) is 1. The number of nitrogens with zero attached hydrogens (tertiary/aromatic N) is 2. The molecule has 142 valence electrons. The van der Waals surface area contributed by atoms with Gasteiger partial charge in [-0.25, -0.2) is 0 Å². The summed E-state index contributed by atoms with van der Waals surface area (Å²) in [4.78, 5) is 16.2. The van der Waals surface area contributed by atoms with Crippen LogP contribution in [0.5, 0.6) is 17.2 Å². The van der Waals surface area contributed by atoms with Crippen molar-refractivity contribution in [1.29, 1.82) is 0 Å². The average molecular weight is 361 g/mol. The fourth-order valence-corrected chi connectivity index (χ4v) is 3.04. The molecule has 1 aliphatic heterocycles. The van der Waals surface area contributed by atoms with Crippen LogP contribution in [0.25, 0.3) is 0 Å². The molecule has 7 nitrogen and oxygen atoms in total. The first-order chi connectivity index (χ1) is 12.6. The number of piperazine rings is 1. The number of benzene rings is 1. The van der Waals surface area contributed by atoms with E-state index in [4.69, 9.17) is 20.6 Å². The minimum absolute atomic E-state index is 0.0297. The third-order valence-electron chi connectivity index (χ3n) is 4.40. The maximum absolute atomic E-state index is 11.8. The molecule has 0 saturated carbocycles. The van der Waals surface area contributed by atoms with Crippen molar-refractivity contribution >= 4 is 5.91 Å². The monoisotopic (exact) mass is 361 g/mol. The minimum atomic E-state index is -0.0297. The van der Waals surface area contributed by atoms with Gasteiger partial charge in [-0.3, -0.25) is 14.6 Å². The molecule has 1 aromatic rings. The molecule has 2 rings (SSSR count). The Balaban J connectivity index is 1.93. The Bertz CT molecular complexity index is 649. The molecule has 0 bridgehead atoms. The lowest BCUT2D eigenvalue weighted by Crippen LogP contribution is -2.49. The number of ether oxygens (including phenoxy) is 3. The van der Waals surface area contributed by atoms with E-state index < -0.39 is 0 Å². The summed E-state index contributed by atoms with van der Waals surface area (Å²) < 4.78 is 16.3. The van der Waals surface area contributed by atoms with E-state index in [9.17, 15) is 4.79 Å². The standard InChI is InChI=1S/C19H27N3O4/c1-5-8-20-17(23)14-22-11-9-21(10-12-22)13-15-6-7-16(24-2)19(26-4)18(15)25-3/h1,6-7H,8-14H2,2-4H3,(H,20,23). The summed E-state index contributed by atoms with van der Waals surface area (Å²) in [5.74, 6) is 4.33. The van der Waals surface area contributed by atoms with Crippen molar-refractivity contribution in [3.8, 4) is 29.6 Å². The molecule has 0 spiro atoms. The predicted octanol–water partition coefficient (Wildman–Crippen LogP) is 0.579.